The number of aromatic nitrogens is 1. The van der Waals surface area contributed by atoms with Crippen LogP contribution in [0.3, 0.4) is 0 Å². The molecule has 0 spiro atoms. The molecule has 1 amide bonds. The fraction of sp³-hybridized carbons (Fsp3) is 0.429. The van der Waals surface area contributed by atoms with Gasteiger partial charge in [0.2, 0.25) is 5.95 Å². The summed E-state index contributed by atoms with van der Waals surface area (Å²) < 4.78 is 12.8. The van der Waals surface area contributed by atoms with Crippen LogP contribution in [-0.2, 0) is 0 Å². The number of nitrogens with zero attached hydrogens (tertiary/aromatic N) is 2. The standard InChI is InChI=1S/C17H17FN2O.C4H10/c18-16-7-6-15(12-19-16)17(21)20-10-8-14(9-11-20)13-4-2-1-3-5-13;1-3-4-2/h1-7,12,14H,8-11H2;3-4H2,1-2H3. The molecule has 1 aliphatic rings. The van der Waals surface area contributed by atoms with Crippen molar-refractivity contribution in [1.82, 2.24) is 9.88 Å². The van der Waals surface area contributed by atoms with E-state index in [9.17, 15) is 9.18 Å². The van der Waals surface area contributed by atoms with Gasteiger partial charge in [0, 0.05) is 19.3 Å². The number of unbranched alkanes of at least 4 members (excludes halogenated alkanes) is 1. The molecule has 0 radical (unpaired) electrons. The maximum atomic E-state index is 12.8. The van der Waals surface area contributed by atoms with Crippen molar-refractivity contribution >= 4 is 5.91 Å². The highest BCUT2D eigenvalue weighted by molar-refractivity contribution is 5.93. The lowest BCUT2D eigenvalue weighted by Crippen LogP contribution is -2.38. The van der Waals surface area contributed by atoms with E-state index in [1.54, 1.807) is 0 Å². The molecule has 0 aliphatic carbocycles. The third-order valence-electron chi connectivity index (χ3n) is 4.53. The number of pyridine rings is 1. The molecule has 1 aliphatic heterocycles. The third-order valence-corrected chi connectivity index (χ3v) is 4.53. The van der Waals surface area contributed by atoms with Crippen LogP contribution in [0.2, 0.25) is 0 Å². The molecule has 1 fully saturated rings. The second kappa shape index (κ2) is 9.92. The Hall–Kier alpha value is -2.23. The number of benzene rings is 1. The molecule has 134 valence electrons. The van der Waals surface area contributed by atoms with E-state index in [1.807, 2.05) is 11.0 Å². The minimum Gasteiger partial charge on any atom is -0.339 e. The Kier molecular flexibility index (Phi) is 7.58. The van der Waals surface area contributed by atoms with Gasteiger partial charge in [-0.3, -0.25) is 4.79 Å². The first-order valence-electron chi connectivity index (χ1n) is 9.11. The fourth-order valence-electron chi connectivity index (χ4n) is 2.83. The highest BCUT2D eigenvalue weighted by Crippen LogP contribution is 2.28. The van der Waals surface area contributed by atoms with Gasteiger partial charge in [0.15, 0.2) is 0 Å². The summed E-state index contributed by atoms with van der Waals surface area (Å²) >= 11 is 0. The Balaban J connectivity index is 0.000000511. The summed E-state index contributed by atoms with van der Waals surface area (Å²) in [5.41, 5.74) is 1.79. The number of likely N-dealkylation sites (tertiary alicyclic amines) is 1. The Morgan fingerprint density at radius 3 is 2.24 bits per heavy atom. The SMILES string of the molecule is CCCC.O=C(c1ccc(F)nc1)N1CCC(c2ccccc2)CC1. The van der Waals surface area contributed by atoms with Crippen molar-refractivity contribution in [3.8, 4) is 0 Å². The lowest BCUT2D eigenvalue weighted by Gasteiger charge is -2.32. The van der Waals surface area contributed by atoms with E-state index in [0.717, 1.165) is 25.9 Å². The van der Waals surface area contributed by atoms with Crippen LogP contribution >= 0.6 is 0 Å². The zero-order valence-corrected chi connectivity index (χ0v) is 15.1. The number of hydrogen-bond acceptors (Lipinski definition) is 2. The molecule has 2 heterocycles. The van der Waals surface area contributed by atoms with Crippen LogP contribution in [0.15, 0.2) is 48.7 Å². The van der Waals surface area contributed by atoms with Crippen LogP contribution in [0, 0.1) is 5.95 Å². The smallest absolute Gasteiger partial charge is 0.255 e. The second-order valence-electron chi connectivity index (χ2n) is 6.35. The molecule has 4 heteroatoms. The van der Waals surface area contributed by atoms with Gasteiger partial charge in [-0.1, -0.05) is 57.0 Å². The van der Waals surface area contributed by atoms with E-state index in [0.29, 0.717) is 11.5 Å². The van der Waals surface area contributed by atoms with Gasteiger partial charge in [0.1, 0.15) is 0 Å². The van der Waals surface area contributed by atoms with Gasteiger partial charge >= 0.3 is 0 Å². The zero-order chi connectivity index (χ0) is 18.1. The molecule has 1 aromatic heterocycles. The summed E-state index contributed by atoms with van der Waals surface area (Å²) in [4.78, 5) is 17.7. The number of rotatable bonds is 3. The average molecular weight is 342 g/mol. The molecule has 2 aromatic rings. The number of amides is 1. The van der Waals surface area contributed by atoms with E-state index in [1.165, 1.54) is 36.7 Å². The highest BCUT2D eigenvalue weighted by atomic mass is 19.1. The molecular formula is C21H27FN2O. The predicted molar refractivity (Wildman–Crippen MR) is 99.1 cm³/mol. The van der Waals surface area contributed by atoms with Crippen LogP contribution in [0.5, 0.6) is 0 Å². The average Bonchev–Trinajstić information content (AvgIpc) is 2.69. The van der Waals surface area contributed by atoms with Crippen LogP contribution in [0.25, 0.3) is 0 Å². The summed E-state index contributed by atoms with van der Waals surface area (Å²) in [5, 5.41) is 0. The first-order chi connectivity index (χ1) is 12.2. The Morgan fingerprint density at radius 1 is 1.08 bits per heavy atom. The van der Waals surface area contributed by atoms with Crippen LogP contribution in [0.1, 0.15) is 61.4 Å². The third kappa shape index (κ3) is 5.66. The van der Waals surface area contributed by atoms with Crippen molar-refractivity contribution in [2.75, 3.05) is 13.1 Å². The predicted octanol–water partition coefficient (Wildman–Crippen LogP) is 5.05. The lowest BCUT2D eigenvalue weighted by atomic mass is 9.89. The largest absolute Gasteiger partial charge is 0.339 e. The molecule has 0 N–H and O–H groups in total. The summed E-state index contributed by atoms with van der Waals surface area (Å²) in [6.07, 6.45) is 5.87. The number of halogens is 1. The van der Waals surface area contributed by atoms with E-state index < -0.39 is 5.95 Å². The summed E-state index contributed by atoms with van der Waals surface area (Å²) in [6, 6.07) is 13.1. The van der Waals surface area contributed by atoms with Crippen molar-refractivity contribution in [1.29, 1.82) is 0 Å². The highest BCUT2D eigenvalue weighted by Gasteiger charge is 2.24. The molecule has 0 unspecified atom stereocenters. The fourth-order valence-corrected chi connectivity index (χ4v) is 2.83. The lowest BCUT2D eigenvalue weighted by molar-refractivity contribution is 0.0712. The van der Waals surface area contributed by atoms with Gasteiger partial charge < -0.3 is 4.90 Å². The quantitative estimate of drug-likeness (QED) is 0.732. The Bertz CT molecular complexity index is 633. The maximum Gasteiger partial charge on any atom is 0.255 e. The van der Waals surface area contributed by atoms with Gasteiger partial charge in [0.05, 0.1) is 5.56 Å². The molecular weight excluding hydrogens is 315 g/mol. The first kappa shape index (κ1) is 19.1. The van der Waals surface area contributed by atoms with Gasteiger partial charge in [-0.2, -0.15) is 4.39 Å². The molecule has 3 nitrogen and oxygen atoms in total. The minimum atomic E-state index is -0.561. The summed E-state index contributed by atoms with van der Waals surface area (Å²) in [7, 11) is 0. The van der Waals surface area contributed by atoms with Gasteiger partial charge in [-0.25, -0.2) is 4.98 Å². The monoisotopic (exact) mass is 342 g/mol. The molecule has 0 saturated carbocycles. The summed E-state index contributed by atoms with van der Waals surface area (Å²) in [5.74, 6) is -0.107. The topological polar surface area (TPSA) is 33.2 Å². The normalized spacial score (nSPS) is 14.6. The molecule has 0 bridgehead atoms. The Morgan fingerprint density at radius 2 is 1.72 bits per heavy atom. The molecule has 1 aromatic carbocycles. The van der Waals surface area contributed by atoms with E-state index in [4.69, 9.17) is 0 Å². The summed E-state index contributed by atoms with van der Waals surface area (Å²) in [6.45, 7) is 5.82. The van der Waals surface area contributed by atoms with Crippen molar-refractivity contribution in [3.63, 3.8) is 0 Å². The van der Waals surface area contributed by atoms with Gasteiger partial charge in [-0.05, 0) is 36.5 Å². The number of piperidine rings is 1. The number of hydrogen-bond donors (Lipinski definition) is 0. The van der Waals surface area contributed by atoms with E-state index in [-0.39, 0.29) is 5.91 Å². The van der Waals surface area contributed by atoms with Crippen molar-refractivity contribution < 1.29 is 9.18 Å². The van der Waals surface area contributed by atoms with Crippen molar-refractivity contribution in [2.45, 2.75) is 45.4 Å². The van der Waals surface area contributed by atoms with E-state index in [2.05, 4.69) is 43.1 Å². The molecule has 1 saturated heterocycles. The van der Waals surface area contributed by atoms with Crippen molar-refractivity contribution in [3.05, 3.63) is 65.7 Å². The maximum absolute atomic E-state index is 12.8. The first-order valence-corrected chi connectivity index (χ1v) is 9.11. The molecule has 3 rings (SSSR count). The minimum absolute atomic E-state index is 0.0611. The zero-order valence-electron chi connectivity index (χ0n) is 15.1. The van der Waals surface area contributed by atoms with E-state index >= 15 is 0 Å². The van der Waals surface area contributed by atoms with Gasteiger partial charge in [-0.15, -0.1) is 0 Å². The molecule has 0 atom stereocenters. The van der Waals surface area contributed by atoms with Crippen LogP contribution < -0.4 is 0 Å². The Labute approximate surface area is 149 Å². The van der Waals surface area contributed by atoms with Gasteiger partial charge in [0.25, 0.3) is 5.91 Å². The number of carbonyl (C=O) groups excluding carboxylic acids is 1. The van der Waals surface area contributed by atoms with Crippen molar-refractivity contribution in [2.24, 2.45) is 0 Å². The second-order valence-corrected chi connectivity index (χ2v) is 6.35. The number of carbonyl (C=O) groups is 1. The van der Waals surface area contributed by atoms with Crippen LogP contribution in [0.4, 0.5) is 4.39 Å². The molecule has 25 heavy (non-hydrogen) atoms. The van der Waals surface area contributed by atoms with Crippen LogP contribution in [-0.4, -0.2) is 28.9 Å².